The van der Waals surface area contributed by atoms with Crippen LogP contribution in [0.5, 0.6) is 0 Å². The van der Waals surface area contributed by atoms with Crippen LogP contribution in [0.3, 0.4) is 0 Å². The van der Waals surface area contributed by atoms with Gasteiger partial charge in [-0.25, -0.2) is 0 Å². The Bertz CT molecular complexity index is 227. The summed E-state index contributed by atoms with van der Waals surface area (Å²) in [6.07, 6.45) is 1.23. The maximum atomic E-state index is 9.87. The molecule has 0 unspecified atom stereocenters. The standard InChI is InChI=1S/C11H23N3O2/c1-4-5-6-9(13-14-12)11(16)10(15)7-8(2)3/h8-11,15-16H,4-7H2,1-3H3/t9-,10+,11+/m1/s1. The van der Waals surface area contributed by atoms with Gasteiger partial charge in [-0.15, -0.1) is 0 Å². The zero-order chi connectivity index (χ0) is 12.6. The summed E-state index contributed by atoms with van der Waals surface area (Å²) >= 11 is 0. The molecule has 0 amide bonds. The molecule has 0 radical (unpaired) electrons. The first-order valence-electron chi connectivity index (χ1n) is 5.93. The average Bonchev–Trinajstić information content (AvgIpc) is 2.22. The predicted molar refractivity (Wildman–Crippen MR) is 63.9 cm³/mol. The van der Waals surface area contributed by atoms with Gasteiger partial charge in [0.05, 0.1) is 18.2 Å². The molecule has 0 bridgehead atoms. The van der Waals surface area contributed by atoms with Crippen molar-refractivity contribution < 1.29 is 10.2 Å². The van der Waals surface area contributed by atoms with E-state index in [1.807, 2.05) is 20.8 Å². The summed E-state index contributed by atoms with van der Waals surface area (Å²) in [5, 5.41) is 23.2. The highest BCUT2D eigenvalue weighted by atomic mass is 16.3. The van der Waals surface area contributed by atoms with Crippen LogP contribution in [0, 0.1) is 5.92 Å². The molecule has 0 rings (SSSR count). The summed E-state index contributed by atoms with van der Waals surface area (Å²) in [5.74, 6) is 0.308. The van der Waals surface area contributed by atoms with E-state index in [4.69, 9.17) is 5.53 Å². The average molecular weight is 229 g/mol. The number of nitrogens with zero attached hydrogens (tertiary/aromatic N) is 3. The SMILES string of the molecule is CCCC[C@@H](N=[N+]=[N-])[C@H](O)[C@@H](O)CC(C)C. The van der Waals surface area contributed by atoms with Crippen molar-refractivity contribution >= 4 is 0 Å². The number of azide groups is 1. The molecule has 0 fully saturated rings. The van der Waals surface area contributed by atoms with Gasteiger partial charge in [-0.2, -0.15) is 0 Å². The summed E-state index contributed by atoms with van der Waals surface area (Å²) < 4.78 is 0. The lowest BCUT2D eigenvalue weighted by Gasteiger charge is -2.24. The third kappa shape index (κ3) is 5.95. The van der Waals surface area contributed by atoms with Crippen molar-refractivity contribution in [2.75, 3.05) is 0 Å². The molecule has 0 aliphatic rings. The lowest BCUT2D eigenvalue weighted by molar-refractivity contribution is -0.00826. The minimum Gasteiger partial charge on any atom is -0.390 e. The summed E-state index contributed by atoms with van der Waals surface area (Å²) in [6.45, 7) is 5.99. The summed E-state index contributed by atoms with van der Waals surface area (Å²) in [6, 6.07) is -0.515. The van der Waals surface area contributed by atoms with E-state index in [0.29, 0.717) is 18.8 Å². The van der Waals surface area contributed by atoms with Crippen LogP contribution in [0.2, 0.25) is 0 Å². The first kappa shape index (κ1) is 15.2. The molecule has 0 aliphatic carbocycles. The second-order valence-electron chi connectivity index (χ2n) is 4.60. The highest BCUT2D eigenvalue weighted by Crippen LogP contribution is 2.17. The normalized spacial score (nSPS) is 16.6. The highest BCUT2D eigenvalue weighted by molar-refractivity contribution is 4.82. The number of unbranched alkanes of at least 4 members (excludes halogenated alkanes) is 1. The quantitative estimate of drug-likeness (QED) is 0.380. The van der Waals surface area contributed by atoms with E-state index in [1.165, 1.54) is 0 Å². The van der Waals surface area contributed by atoms with Crippen molar-refractivity contribution in [2.45, 2.75) is 64.7 Å². The van der Waals surface area contributed by atoms with E-state index in [2.05, 4.69) is 10.0 Å². The Hall–Kier alpha value is -0.770. The van der Waals surface area contributed by atoms with Gasteiger partial charge >= 0.3 is 0 Å². The fraction of sp³-hybridized carbons (Fsp3) is 1.00. The van der Waals surface area contributed by atoms with Gasteiger partial charge in [0.25, 0.3) is 0 Å². The van der Waals surface area contributed by atoms with Crippen molar-refractivity contribution in [3.05, 3.63) is 10.4 Å². The maximum absolute atomic E-state index is 9.87. The summed E-state index contributed by atoms with van der Waals surface area (Å²) in [5.41, 5.74) is 8.41. The van der Waals surface area contributed by atoms with Gasteiger partial charge in [0.2, 0.25) is 0 Å². The van der Waals surface area contributed by atoms with Gasteiger partial charge in [0.15, 0.2) is 0 Å². The van der Waals surface area contributed by atoms with Crippen LogP contribution >= 0.6 is 0 Å². The van der Waals surface area contributed by atoms with Crippen molar-refractivity contribution in [2.24, 2.45) is 11.0 Å². The van der Waals surface area contributed by atoms with E-state index < -0.39 is 18.2 Å². The zero-order valence-corrected chi connectivity index (χ0v) is 10.4. The molecule has 0 aromatic heterocycles. The molecular formula is C11H23N3O2. The van der Waals surface area contributed by atoms with E-state index >= 15 is 0 Å². The summed E-state index contributed by atoms with van der Waals surface area (Å²) in [7, 11) is 0. The lowest BCUT2D eigenvalue weighted by atomic mass is 9.95. The highest BCUT2D eigenvalue weighted by Gasteiger charge is 2.25. The fourth-order valence-corrected chi connectivity index (χ4v) is 1.66. The summed E-state index contributed by atoms with van der Waals surface area (Å²) in [4.78, 5) is 2.73. The van der Waals surface area contributed by atoms with Gasteiger partial charge in [0, 0.05) is 4.91 Å². The van der Waals surface area contributed by atoms with Gasteiger partial charge < -0.3 is 10.2 Å². The molecule has 0 heterocycles. The molecular weight excluding hydrogens is 206 g/mol. The monoisotopic (exact) mass is 229 g/mol. The lowest BCUT2D eigenvalue weighted by Crippen LogP contribution is -2.36. The smallest absolute Gasteiger partial charge is 0.0883 e. The van der Waals surface area contributed by atoms with E-state index in [-0.39, 0.29) is 0 Å². The van der Waals surface area contributed by atoms with Gasteiger partial charge in [-0.05, 0) is 24.3 Å². The van der Waals surface area contributed by atoms with Crippen LogP contribution in [0.25, 0.3) is 10.4 Å². The molecule has 5 nitrogen and oxygen atoms in total. The van der Waals surface area contributed by atoms with Gasteiger partial charge in [0.1, 0.15) is 0 Å². The van der Waals surface area contributed by atoms with Gasteiger partial charge in [-0.3, -0.25) is 0 Å². The third-order valence-corrected chi connectivity index (χ3v) is 2.55. The molecule has 0 aliphatic heterocycles. The number of hydrogen-bond acceptors (Lipinski definition) is 3. The van der Waals surface area contributed by atoms with Crippen LogP contribution in [0.4, 0.5) is 0 Å². The molecule has 2 N–H and O–H groups in total. The minimum absolute atomic E-state index is 0.308. The molecule has 0 saturated carbocycles. The Morgan fingerprint density at radius 3 is 2.38 bits per heavy atom. The van der Waals surface area contributed by atoms with E-state index in [1.54, 1.807) is 0 Å². The second kappa shape index (κ2) is 8.39. The van der Waals surface area contributed by atoms with Crippen LogP contribution < -0.4 is 0 Å². The molecule has 0 aromatic rings. The Kier molecular flexibility index (Phi) is 7.99. The van der Waals surface area contributed by atoms with Crippen LogP contribution in [-0.2, 0) is 0 Å². The van der Waals surface area contributed by atoms with E-state index in [9.17, 15) is 10.2 Å². The van der Waals surface area contributed by atoms with Crippen LogP contribution in [0.1, 0.15) is 46.5 Å². The van der Waals surface area contributed by atoms with Gasteiger partial charge in [-0.1, -0.05) is 38.7 Å². The van der Waals surface area contributed by atoms with Crippen molar-refractivity contribution in [1.29, 1.82) is 0 Å². The maximum Gasteiger partial charge on any atom is 0.0883 e. The molecule has 16 heavy (non-hydrogen) atoms. The Labute approximate surface area is 97.1 Å². The molecule has 0 saturated heterocycles. The minimum atomic E-state index is -0.954. The Balaban J connectivity index is 4.34. The third-order valence-electron chi connectivity index (χ3n) is 2.55. The fourth-order valence-electron chi connectivity index (χ4n) is 1.66. The number of rotatable bonds is 8. The Morgan fingerprint density at radius 2 is 1.94 bits per heavy atom. The predicted octanol–water partition coefficient (Wildman–Crippen LogP) is 2.62. The first-order chi connectivity index (χ1) is 7.52. The van der Waals surface area contributed by atoms with Crippen molar-refractivity contribution in [1.82, 2.24) is 0 Å². The molecule has 3 atom stereocenters. The number of hydrogen-bond donors (Lipinski definition) is 2. The molecule has 5 heteroatoms. The van der Waals surface area contributed by atoms with Crippen molar-refractivity contribution in [3.63, 3.8) is 0 Å². The molecule has 94 valence electrons. The van der Waals surface area contributed by atoms with Crippen LogP contribution in [0.15, 0.2) is 5.11 Å². The molecule has 0 aromatic carbocycles. The zero-order valence-electron chi connectivity index (χ0n) is 10.4. The number of aliphatic hydroxyl groups excluding tert-OH is 2. The van der Waals surface area contributed by atoms with E-state index in [0.717, 1.165) is 12.8 Å². The number of aliphatic hydroxyl groups is 2. The topological polar surface area (TPSA) is 89.2 Å². The second-order valence-corrected chi connectivity index (χ2v) is 4.60. The van der Waals surface area contributed by atoms with Crippen LogP contribution in [-0.4, -0.2) is 28.5 Å². The van der Waals surface area contributed by atoms with Crippen molar-refractivity contribution in [3.8, 4) is 0 Å². The molecule has 0 spiro atoms. The first-order valence-corrected chi connectivity index (χ1v) is 5.93. The Morgan fingerprint density at radius 1 is 1.31 bits per heavy atom. The largest absolute Gasteiger partial charge is 0.390 e.